The van der Waals surface area contributed by atoms with E-state index in [-0.39, 0.29) is 42.1 Å². The Labute approximate surface area is 238 Å². The number of carbonyl (C=O) groups excluding carboxylic acids is 2. The lowest BCUT2D eigenvalue weighted by Crippen LogP contribution is -2.47. The van der Waals surface area contributed by atoms with Crippen LogP contribution in [0, 0.1) is 5.82 Å². The van der Waals surface area contributed by atoms with Crippen LogP contribution in [-0.4, -0.2) is 62.3 Å². The third kappa shape index (κ3) is 5.19. The summed E-state index contributed by atoms with van der Waals surface area (Å²) in [7, 11) is 0. The second kappa shape index (κ2) is 10.9. The number of aromatic nitrogens is 3. The van der Waals surface area contributed by atoms with Gasteiger partial charge in [0.1, 0.15) is 12.4 Å². The number of carbonyl (C=O) groups is 2. The molecular weight excluding hydrogens is 554 g/mol. The van der Waals surface area contributed by atoms with Crippen molar-refractivity contribution in [3.05, 3.63) is 102 Å². The minimum atomic E-state index is -4.85. The van der Waals surface area contributed by atoms with E-state index in [4.69, 9.17) is 4.74 Å². The molecule has 2 amide bonds. The van der Waals surface area contributed by atoms with Gasteiger partial charge in [-0.2, -0.15) is 18.3 Å². The number of halogens is 4. The lowest BCUT2D eigenvalue weighted by Gasteiger charge is -2.37. The number of ether oxygens (including phenoxy) is 1. The molecule has 2 aromatic heterocycles. The first-order chi connectivity index (χ1) is 20.2. The molecule has 2 aliphatic rings. The molecule has 1 unspecified atom stereocenters. The molecule has 4 heterocycles. The summed E-state index contributed by atoms with van der Waals surface area (Å²) >= 11 is 0. The highest BCUT2D eigenvalue weighted by atomic mass is 19.4. The Bertz CT molecular complexity index is 1600. The van der Waals surface area contributed by atoms with Crippen molar-refractivity contribution < 1.29 is 31.9 Å². The first-order valence-corrected chi connectivity index (χ1v) is 13.4. The smallest absolute Gasteiger partial charge is 0.419 e. The van der Waals surface area contributed by atoms with Crippen molar-refractivity contribution in [1.82, 2.24) is 24.6 Å². The molecular formula is C30H25F4N5O3. The molecule has 8 nitrogen and oxygen atoms in total. The molecule has 1 atom stereocenters. The Morgan fingerprint density at radius 1 is 0.952 bits per heavy atom. The number of piperidine rings is 1. The Morgan fingerprint density at radius 2 is 1.67 bits per heavy atom. The molecule has 2 fully saturated rings. The third-order valence-corrected chi connectivity index (χ3v) is 7.65. The molecule has 2 aliphatic heterocycles. The van der Waals surface area contributed by atoms with Gasteiger partial charge in [0.25, 0.3) is 5.91 Å². The topological polar surface area (TPSA) is 80.6 Å². The van der Waals surface area contributed by atoms with Gasteiger partial charge >= 0.3 is 12.3 Å². The number of nitrogens with zero attached hydrogens (tertiary/aromatic N) is 5. The number of alkyl halides is 3. The minimum Gasteiger partial charge on any atom is -0.447 e. The van der Waals surface area contributed by atoms with Crippen LogP contribution in [0.3, 0.4) is 0 Å². The number of benzene rings is 2. The molecule has 2 saturated heterocycles. The molecule has 0 bridgehead atoms. The molecule has 12 heteroatoms. The summed E-state index contributed by atoms with van der Waals surface area (Å²) in [5.74, 6) is -1.82. The molecule has 0 N–H and O–H groups in total. The number of cyclic esters (lactones) is 1. The van der Waals surface area contributed by atoms with Crippen LogP contribution >= 0.6 is 0 Å². The molecule has 2 aromatic carbocycles. The summed E-state index contributed by atoms with van der Waals surface area (Å²) in [6, 6.07) is 16.7. The fourth-order valence-corrected chi connectivity index (χ4v) is 5.55. The molecule has 0 saturated carbocycles. The van der Waals surface area contributed by atoms with Crippen molar-refractivity contribution in [1.29, 1.82) is 0 Å². The largest absolute Gasteiger partial charge is 0.447 e. The Hall–Kier alpha value is -4.74. The maximum atomic E-state index is 14.5. The molecule has 0 aliphatic carbocycles. The quantitative estimate of drug-likeness (QED) is 0.276. The molecule has 0 radical (unpaired) electrons. The number of amides is 2. The minimum absolute atomic E-state index is 0.0320. The van der Waals surface area contributed by atoms with E-state index >= 15 is 0 Å². The lowest BCUT2D eigenvalue weighted by atomic mass is 9.99. The van der Waals surface area contributed by atoms with Gasteiger partial charge in [-0.25, -0.2) is 13.9 Å². The van der Waals surface area contributed by atoms with E-state index in [1.807, 2.05) is 30.3 Å². The fourth-order valence-electron chi connectivity index (χ4n) is 5.55. The van der Waals surface area contributed by atoms with Gasteiger partial charge in [-0.1, -0.05) is 30.3 Å². The van der Waals surface area contributed by atoms with Crippen molar-refractivity contribution in [2.24, 2.45) is 0 Å². The third-order valence-electron chi connectivity index (χ3n) is 7.65. The number of rotatable bonds is 5. The van der Waals surface area contributed by atoms with Gasteiger partial charge in [0, 0.05) is 43.2 Å². The number of likely N-dealkylation sites (tertiary alicyclic amines) is 1. The molecule has 4 aromatic rings. The van der Waals surface area contributed by atoms with Crippen molar-refractivity contribution in [2.75, 3.05) is 19.7 Å². The predicted molar refractivity (Wildman–Crippen MR) is 143 cm³/mol. The molecule has 0 spiro atoms. The predicted octanol–water partition coefficient (Wildman–Crippen LogP) is 5.89. The maximum absolute atomic E-state index is 14.5. The van der Waals surface area contributed by atoms with Gasteiger partial charge in [-0.15, -0.1) is 0 Å². The summed E-state index contributed by atoms with van der Waals surface area (Å²) < 4.78 is 60.5. The second-order valence-corrected chi connectivity index (χ2v) is 10.2. The van der Waals surface area contributed by atoms with Crippen LogP contribution in [0.2, 0.25) is 0 Å². The van der Waals surface area contributed by atoms with Crippen LogP contribution in [0.15, 0.2) is 79.1 Å². The van der Waals surface area contributed by atoms with Crippen LogP contribution in [-0.2, 0) is 10.9 Å². The van der Waals surface area contributed by atoms with Gasteiger partial charge in [-0.05, 0) is 48.7 Å². The number of pyridine rings is 1. The molecule has 6 rings (SSSR count). The van der Waals surface area contributed by atoms with Crippen molar-refractivity contribution in [2.45, 2.75) is 31.1 Å². The Morgan fingerprint density at radius 3 is 2.33 bits per heavy atom. The van der Waals surface area contributed by atoms with Crippen molar-refractivity contribution in [3.63, 3.8) is 0 Å². The summed E-state index contributed by atoms with van der Waals surface area (Å²) in [5.41, 5.74) is 0.665. The van der Waals surface area contributed by atoms with E-state index < -0.39 is 17.6 Å². The highest BCUT2D eigenvalue weighted by molar-refractivity contribution is 5.93. The van der Waals surface area contributed by atoms with E-state index in [0.29, 0.717) is 43.3 Å². The summed E-state index contributed by atoms with van der Waals surface area (Å²) in [6.45, 7) is 0.990. The Kier molecular flexibility index (Phi) is 7.13. The van der Waals surface area contributed by atoms with Crippen LogP contribution in [0.25, 0.3) is 16.9 Å². The van der Waals surface area contributed by atoms with E-state index in [0.717, 1.165) is 17.7 Å². The number of hydrogen-bond donors (Lipinski definition) is 0. The standard InChI is InChI=1S/C30H25F4N5O3/c31-24-16-22(6-7-23(24)30(32,33)34)39-26(20-8-12-35-13-9-20)17-25(36-39)28(40)37-14-10-21(11-15-37)38-27(18-42-29(38)41)19-4-2-1-3-5-19/h1-9,12-13,16-17,21,27H,10-11,14-15,18H2. The highest BCUT2D eigenvalue weighted by Crippen LogP contribution is 2.35. The number of hydrogen-bond acceptors (Lipinski definition) is 5. The highest BCUT2D eigenvalue weighted by Gasteiger charge is 2.41. The van der Waals surface area contributed by atoms with E-state index in [1.54, 1.807) is 21.9 Å². The first-order valence-electron chi connectivity index (χ1n) is 13.4. The zero-order valence-electron chi connectivity index (χ0n) is 22.2. The molecule has 42 heavy (non-hydrogen) atoms. The zero-order chi connectivity index (χ0) is 29.4. The average molecular weight is 580 g/mol. The monoisotopic (exact) mass is 579 g/mol. The van der Waals surface area contributed by atoms with Crippen molar-refractivity contribution in [3.8, 4) is 16.9 Å². The summed E-state index contributed by atoms with van der Waals surface area (Å²) in [6.07, 6.45) is -1.10. The summed E-state index contributed by atoms with van der Waals surface area (Å²) in [5, 5.41) is 4.40. The van der Waals surface area contributed by atoms with Crippen molar-refractivity contribution >= 4 is 12.0 Å². The van der Waals surface area contributed by atoms with E-state index in [9.17, 15) is 27.2 Å². The molecule has 216 valence electrons. The average Bonchev–Trinajstić information content (AvgIpc) is 3.61. The normalized spacial score (nSPS) is 17.9. The SMILES string of the molecule is O=C(c1cc(-c2ccncc2)n(-c2ccc(C(F)(F)F)c(F)c2)n1)N1CCC(N2C(=O)OCC2c2ccccc2)CC1. The zero-order valence-corrected chi connectivity index (χ0v) is 22.2. The van der Waals surface area contributed by atoms with Gasteiger partial charge in [0.05, 0.1) is 23.0 Å². The van der Waals surface area contributed by atoms with Gasteiger partial charge in [-0.3, -0.25) is 14.7 Å². The van der Waals surface area contributed by atoms with Crippen LogP contribution in [0.5, 0.6) is 0 Å². The summed E-state index contributed by atoms with van der Waals surface area (Å²) in [4.78, 5) is 33.6. The van der Waals surface area contributed by atoms with Gasteiger partial charge in [0.15, 0.2) is 5.69 Å². The first kappa shape index (κ1) is 27.4. The van der Waals surface area contributed by atoms with Gasteiger partial charge < -0.3 is 9.64 Å². The van der Waals surface area contributed by atoms with Crippen LogP contribution < -0.4 is 0 Å². The van der Waals surface area contributed by atoms with E-state index in [1.165, 1.54) is 23.1 Å². The van der Waals surface area contributed by atoms with Crippen LogP contribution in [0.4, 0.5) is 22.4 Å². The maximum Gasteiger partial charge on any atom is 0.419 e. The van der Waals surface area contributed by atoms with Crippen LogP contribution in [0.1, 0.15) is 40.5 Å². The lowest BCUT2D eigenvalue weighted by molar-refractivity contribution is -0.140. The Balaban J connectivity index is 1.24. The fraction of sp³-hybridized carbons (Fsp3) is 0.267. The second-order valence-electron chi connectivity index (χ2n) is 10.2. The van der Waals surface area contributed by atoms with Gasteiger partial charge in [0.2, 0.25) is 0 Å². The van der Waals surface area contributed by atoms with E-state index in [2.05, 4.69) is 10.1 Å².